The summed E-state index contributed by atoms with van der Waals surface area (Å²) in [7, 11) is 0. The number of aryl methyl sites for hydroxylation is 1. The molecule has 3 aliphatic heterocycles. The summed E-state index contributed by atoms with van der Waals surface area (Å²) in [6, 6.07) is 5.43. The summed E-state index contributed by atoms with van der Waals surface area (Å²) in [6.45, 7) is 5.25. The molecule has 0 unspecified atom stereocenters. The normalized spacial score (nSPS) is 26.3. The van der Waals surface area contributed by atoms with E-state index >= 15 is 0 Å². The molecule has 0 radical (unpaired) electrons. The van der Waals surface area contributed by atoms with E-state index in [9.17, 15) is 4.39 Å². The molecular formula is C18H20FN3O. The van der Waals surface area contributed by atoms with Gasteiger partial charge in [0, 0.05) is 30.1 Å². The van der Waals surface area contributed by atoms with E-state index in [0.717, 1.165) is 12.1 Å². The highest BCUT2D eigenvalue weighted by Gasteiger charge is 2.35. The van der Waals surface area contributed by atoms with Crippen LogP contribution in [0.4, 0.5) is 4.39 Å². The average molecular weight is 313 g/mol. The van der Waals surface area contributed by atoms with E-state index in [1.54, 1.807) is 18.5 Å². The van der Waals surface area contributed by atoms with Crippen LogP contribution in [0.1, 0.15) is 18.4 Å². The van der Waals surface area contributed by atoms with Gasteiger partial charge in [0.2, 0.25) is 0 Å². The number of hydrogen-bond acceptors (Lipinski definition) is 4. The van der Waals surface area contributed by atoms with E-state index in [0.29, 0.717) is 23.1 Å². The van der Waals surface area contributed by atoms with Crippen LogP contribution in [0.15, 0.2) is 30.6 Å². The molecule has 3 aliphatic rings. The molecule has 2 bridgehead atoms. The van der Waals surface area contributed by atoms with Gasteiger partial charge in [0.25, 0.3) is 0 Å². The van der Waals surface area contributed by atoms with Crippen LogP contribution in [0.5, 0.6) is 6.01 Å². The van der Waals surface area contributed by atoms with Gasteiger partial charge in [0.1, 0.15) is 11.9 Å². The number of ether oxygens (including phenoxy) is 1. The van der Waals surface area contributed by atoms with E-state index in [1.807, 2.05) is 13.0 Å². The van der Waals surface area contributed by atoms with Gasteiger partial charge in [0.05, 0.1) is 0 Å². The van der Waals surface area contributed by atoms with E-state index in [1.165, 1.54) is 32.0 Å². The Kier molecular flexibility index (Phi) is 3.73. The molecular weight excluding hydrogens is 293 g/mol. The first-order valence-electron chi connectivity index (χ1n) is 8.16. The smallest absolute Gasteiger partial charge is 0.316 e. The Labute approximate surface area is 135 Å². The summed E-state index contributed by atoms with van der Waals surface area (Å²) in [5.74, 6) is 0.350. The van der Waals surface area contributed by atoms with Crippen molar-refractivity contribution >= 4 is 0 Å². The van der Waals surface area contributed by atoms with Crippen LogP contribution < -0.4 is 4.74 Å². The lowest BCUT2D eigenvalue weighted by Gasteiger charge is -2.43. The molecule has 2 aromatic rings. The van der Waals surface area contributed by atoms with Crippen molar-refractivity contribution in [3.63, 3.8) is 0 Å². The molecule has 3 fully saturated rings. The minimum absolute atomic E-state index is 0.180. The maximum absolute atomic E-state index is 13.9. The summed E-state index contributed by atoms with van der Waals surface area (Å²) in [5, 5.41) is 0. The van der Waals surface area contributed by atoms with Crippen molar-refractivity contribution in [3.8, 4) is 17.1 Å². The predicted molar refractivity (Wildman–Crippen MR) is 85.7 cm³/mol. The lowest BCUT2D eigenvalue weighted by Crippen LogP contribution is -2.52. The molecule has 1 aromatic heterocycles. The molecule has 5 heteroatoms. The van der Waals surface area contributed by atoms with Crippen LogP contribution >= 0.6 is 0 Å². The first-order chi connectivity index (χ1) is 11.2. The van der Waals surface area contributed by atoms with E-state index in [4.69, 9.17) is 4.74 Å². The zero-order valence-electron chi connectivity index (χ0n) is 13.2. The molecule has 120 valence electrons. The molecule has 0 aliphatic carbocycles. The lowest BCUT2D eigenvalue weighted by molar-refractivity contribution is -0.0123. The van der Waals surface area contributed by atoms with E-state index in [-0.39, 0.29) is 11.9 Å². The Balaban J connectivity index is 1.51. The van der Waals surface area contributed by atoms with Crippen LogP contribution in [0, 0.1) is 18.7 Å². The van der Waals surface area contributed by atoms with Gasteiger partial charge in [-0.2, -0.15) is 0 Å². The quantitative estimate of drug-likeness (QED) is 0.873. The van der Waals surface area contributed by atoms with Crippen molar-refractivity contribution in [3.05, 3.63) is 42.0 Å². The molecule has 4 nitrogen and oxygen atoms in total. The number of rotatable bonds is 3. The standard InChI is InChI=1S/C18H20FN3O/c1-12-2-3-16(19)15(8-12)14-9-20-18(21-10-14)23-17-11-22-6-4-13(17)5-7-22/h2-3,8-10,13,17H,4-7,11H2,1H3/t17-/m0/s1. The fraction of sp³-hybridized carbons (Fsp3) is 0.444. The molecule has 5 rings (SSSR count). The van der Waals surface area contributed by atoms with Crippen molar-refractivity contribution in [1.82, 2.24) is 14.9 Å². The second-order valence-corrected chi connectivity index (χ2v) is 6.53. The Morgan fingerprint density at radius 1 is 1.17 bits per heavy atom. The maximum Gasteiger partial charge on any atom is 0.316 e. The average Bonchev–Trinajstić information content (AvgIpc) is 2.59. The number of piperidine rings is 3. The van der Waals surface area contributed by atoms with E-state index < -0.39 is 0 Å². The zero-order valence-corrected chi connectivity index (χ0v) is 13.2. The molecule has 0 spiro atoms. The van der Waals surface area contributed by atoms with Gasteiger partial charge in [-0.15, -0.1) is 0 Å². The lowest BCUT2D eigenvalue weighted by atomic mass is 9.86. The summed E-state index contributed by atoms with van der Waals surface area (Å²) in [6.07, 6.45) is 5.84. The second kappa shape index (κ2) is 5.89. The van der Waals surface area contributed by atoms with Gasteiger partial charge in [-0.1, -0.05) is 11.6 Å². The Hall–Kier alpha value is -2.01. The summed E-state index contributed by atoms with van der Waals surface area (Å²) >= 11 is 0. The molecule has 0 N–H and O–H groups in total. The Bertz CT molecular complexity index is 696. The number of aromatic nitrogens is 2. The third-order valence-corrected chi connectivity index (χ3v) is 4.91. The van der Waals surface area contributed by atoms with Crippen molar-refractivity contribution in [2.24, 2.45) is 5.92 Å². The minimum atomic E-state index is -0.259. The molecule has 0 amide bonds. The van der Waals surface area contributed by atoms with Gasteiger partial charge in [-0.25, -0.2) is 14.4 Å². The zero-order chi connectivity index (χ0) is 15.8. The number of hydrogen-bond donors (Lipinski definition) is 0. The third kappa shape index (κ3) is 2.93. The fourth-order valence-corrected chi connectivity index (χ4v) is 3.56. The minimum Gasteiger partial charge on any atom is -0.458 e. The van der Waals surface area contributed by atoms with Gasteiger partial charge in [-0.3, -0.25) is 4.90 Å². The largest absolute Gasteiger partial charge is 0.458 e. The van der Waals surface area contributed by atoms with Crippen LogP contribution in [-0.4, -0.2) is 40.6 Å². The molecule has 1 atom stereocenters. The van der Waals surface area contributed by atoms with Crippen molar-refractivity contribution in [2.45, 2.75) is 25.9 Å². The number of halogens is 1. The highest BCUT2D eigenvalue weighted by molar-refractivity contribution is 5.63. The molecule has 3 saturated heterocycles. The SMILES string of the molecule is Cc1ccc(F)c(-c2cnc(O[C@H]3CN4CCC3CC4)nc2)c1. The predicted octanol–water partition coefficient (Wildman–Crippen LogP) is 3.06. The number of nitrogens with zero attached hydrogens (tertiary/aromatic N) is 3. The summed E-state index contributed by atoms with van der Waals surface area (Å²) < 4.78 is 19.9. The Morgan fingerprint density at radius 3 is 2.57 bits per heavy atom. The molecule has 4 heterocycles. The first kappa shape index (κ1) is 14.6. The van der Waals surface area contributed by atoms with Crippen molar-refractivity contribution in [2.75, 3.05) is 19.6 Å². The van der Waals surface area contributed by atoms with Gasteiger partial charge < -0.3 is 4.74 Å². The monoisotopic (exact) mass is 313 g/mol. The molecule has 0 saturated carbocycles. The highest BCUT2D eigenvalue weighted by Crippen LogP contribution is 2.30. The maximum atomic E-state index is 13.9. The van der Waals surface area contributed by atoms with E-state index in [2.05, 4.69) is 14.9 Å². The first-order valence-corrected chi connectivity index (χ1v) is 8.16. The highest BCUT2D eigenvalue weighted by atomic mass is 19.1. The van der Waals surface area contributed by atoms with Crippen molar-refractivity contribution < 1.29 is 9.13 Å². The van der Waals surface area contributed by atoms with Crippen LogP contribution in [-0.2, 0) is 0 Å². The second-order valence-electron chi connectivity index (χ2n) is 6.53. The van der Waals surface area contributed by atoms with Crippen LogP contribution in [0.3, 0.4) is 0 Å². The number of fused-ring (bicyclic) bond motifs is 3. The molecule has 1 aromatic carbocycles. The van der Waals surface area contributed by atoms with Crippen LogP contribution in [0.2, 0.25) is 0 Å². The van der Waals surface area contributed by atoms with Gasteiger partial charge >= 0.3 is 6.01 Å². The van der Waals surface area contributed by atoms with Gasteiger partial charge in [0.15, 0.2) is 0 Å². The summed E-state index contributed by atoms with van der Waals surface area (Å²) in [4.78, 5) is 11.0. The summed E-state index contributed by atoms with van der Waals surface area (Å²) in [5.41, 5.74) is 2.21. The van der Waals surface area contributed by atoms with Crippen molar-refractivity contribution in [1.29, 1.82) is 0 Å². The van der Waals surface area contributed by atoms with Gasteiger partial charge in [-0.05, 0) is 50.9 Å². The fourth-order valence-electron chi connectivity index (χ4n) is 3.56. The topological polar surface area (TPSA) is 38.2 Å². The molecule has 23 heavy (non-hydrogen) atoms. The third-order valence-electron chi connectivity index (χ3n) is 4.91. The van der Waals surface area contributed by atoms with Crippen LogP contribution in [0.25, 0.3) is 11.1 Å². The Morgan fingerprint density at radius 2 is 1.91 bits per heavy atom. The number of benzene rings is 1.